The van der Waals surface area contributed by atoms with Gasteiger partial charge in [0.15, 0.2) is 5.16 Å². The molecule has 2 amide bonds. The van der Waals surface area contributed by atoms with Crippen LogP contribution in [0.2, 0.25) is 0 Å². The fourth-order valence-electron chi connectivity index (χ4n) is 4.51. The number of nitrogens with zero attached hydrogens (tertiary/aromatic N) is 5. The molecule has 0 N–H and O–H groups in total. The van der Waals surface area contributed by atoms with Crippen LogP contribution in [0.5, 0.6) is 0 Å². The van der Waals surface area contributed by atoms with Crippen LogP contribution in [0, 0.1) is 0 Å². The van der Waals surface area contributed by atoms with E-state index >= 15 is 0 Å². The van der Waals surface area contributed by atoms with E-state index in [-0.39, 0.29) is 18.1 Å². The molecular weight excluding hydrogens is 538 g/mol. The molecule has 1 aliphatic heterocycles. The Morgan fingerprint density at radius 3 is 2.59 bits per heavy atom. The third-order valence-electron chi connectivity index (χ3n) is 6.70. The van der Waals surface area contributed by atoms with E-state index in [0.29, 0.717) is 49.2 Å². The molecule has 3 aromatic rings. The maximum Gasteiger partial charge on any atom is 0.410 e. The zero-order chi connectivity index (χ0) is 29.6. The molecule has 0 saturated carbocycles. The van der Waals surface area contributed by atoms with Crippen LogP contribution >= 0.6 is 11.8 Å². The Morgan fingerprint density at radius 2 is 1.88 bits per heavy atom. The molecule has 2 aromatic carbocycles. The second-order valence-corrected chi connectivity index (χ2v) is 11.8. The lowest BCUT2D eigenvalue weighted by Crippen LogP contribution is -2.35. The summed E-state index contributed by atoms with van der Waals surface area (Å²) in [6.45, 7) is 7.56. The number of likely N-dealkylation sites (N-methyl/N-ethyl adjacent to an activating group) is 1. The van der Waals surface area contributed by atoms with Crippen molar-refractivity contribution in [3.05, 3.63) is 77.5 Å². The van der Waals surface area contributed by atoms with Gasteiger partial charge in [-0.1, -0.05) is 54.2 Å². The maximum absolute atomic E-state index is 13.6. The molecule has 9 nitrogen and oxygen atoms in total. The van der Waals surface area contributed by atoms with Gasteiger partial charge in [0.05, 0.1) is 12.7 Å². The molecule has 0 radical (unpaired) electrons. The first-order valence-corrected chi connectivity index (χ1v) is 14.9. The molecule has 0 spiro atoms. The Hall–Kier alpha value is -3.63. The minimum absolute atomic E-state index is 0.123. The number of carbonyl (C=O) groups is 2. The number of aromatic nitrogens is 2. The molecule has 41 heavy (non-hydrogen) atoms. The summed E-state index contributed by atoms with van der Waals surface area (Å²) in [7, 11) is 3.68. The third kappa shape index (κ3) is 7.98. The van der Waals surface area contributed by atoms with Crippen molar-refractivity contribution in [3.8, 4) is 0 Å². The van der Waals surface area contributed by atoms with Crippen LogP contribution in [0.3, 0.4) is 0 Å². The van der Waals surface area contributed by atoms with Gasteiger partial charge in [-0.05, 0) is 56.7 Å². The number of hydrogen-bond donors (Lipinski definition) is 0. The summed E-state index contributed by atoms with van der Waals surface area (Å²) in [4.78, 5) is 40.3. The highest BCUT2D eigenvalue weighted by molar-refractivity contribution is 7.98. The molecule has 0 bridgehead atoms. The SMILES string of the molecule is CSc1ncc2c(n1)N(C)CCN(c1cccc(CO[C@@H](CCN(C)C(=O)OC(C)(C)C)c3ccccc3)c1)C2=O. The molecule has 1 atom stereocenters. The van der Waals surface area contributed by atoms with E-state index in [0.717, 1.165) is 16.8 Å². The van der Waals surface area contributed by atoms with E-state index in [1.807, 2.05) is 93.6 Å². The zero-order valence-electron chi connectivity index (χ0n) is 24.7. The van der Waals surface area contributed by atoms with Crippen LogP contribution in [0.25, 0.3) is 0 Å². The number of thioether (sulfide) groups is 1. The number of hydrogen-bond acceptors (Lipinski definition) is 8. The molecule has 10 heteroatoms. The van der Waals surface area contributed by atoms with Crippen LogP contribution in [0.15, 0.2) is 66.0 Å². The largest absolute Gasteiger partial charge is 0.444 e. The quantitative estimate of drug-likeness (QED) is 0.233. The minimum atomic E-state index is -0.553. The van der Waals surface area contributed by atoms with Crippen molar-refractivity contribution in [3.63, 3.8) is 0 Å². The molecule has 1 aromatic heterocycles. The molecule has 4 rings (SSSR count). The normalized spacial score (nSPS) is 14.3. The van der Waals surface area contributed by atoms with E-state index in [2.05, 4.69) is 9.97 Å². The Bertz CT molecular complexity index is 1350. The monoisotopic (exact) mass is 577 g/mol. The number of amides is 2. The number of anilines is 2. The zero-order valence-corrected chi connectivity index (χ0v) is 25.5. The number of carbonyl (C=O) groups excluding carboxylic acids is 2. The predicted octanol–water partition coefficient (Wildman–Crippen LogP) is 5.81. The average Bonchev–Trinajstić information content (AvgIpc) is 3.08. The summed E-state index contributed by atoms with van der Waals surface area (Å²) in [5, 5.41) is 0.640. The summed E-state index contributed by atoms with van der Waals surface area (Å²) < 4.78 is 11.9. The first kappa shape index (κ1) is 30.3. The summed E-state index contributed by atoms with van der Waals surface area (Å²) in [5.74, 6) is 0.529. The van der Waals surface area contributed by atoms with Gasteiger partial charge in [0.2, 0.25) is 0 Å². The van der Waals surface area contributed by atoms with Crippen LogP contribution in [0.1, 0.15) is 54.8 Å². The molecule has 1 aliphatic rings. The van der Waals surface area contributed by atoms with Crippen molar-refractivity contribution in [1.29, 1.82) is 0 Å². The van der Waals surface area contributed by atoms with Gasteiger partial charge in [-0.15, -0.1) is 0 Å². The van der Waals surface area contributed by atoms with E-state index in [9.17, 15) is 9.59 Å². The topological polar surface area (TPSA) is 88.1 Å². The Labute approximate surface area is 246 Å². The summed E-state index contributed by atoms with van der Waals surface area (Å²) in [5.41, 5.74) is 2.72. The number of rotatable bonds is 9. The van der Waals surface area contributed by atoms with Crippen LogP contribution in [-0.2, 0) is 16.1 Å². The first-order chi connectivity index (χ1) is 19.6. The molecule has 0 saturated heterocycles. The van der Waals surface area contributed by atoms with E-state index in [1.165, 1.54) is 11.8 Å². The third-order valence-corrected chi connectivity index (χ3v) is 7.26. The number of benzene rings is 2. The fraction of sp³-hybridized carbons (Fsp3) is 0.419. The minimum Gasteiger partial charge on any atom is -0.444 e. The van der Waals surface area contributed by atoms with Gasteiger partial charge in [0.1, 0.15) is 17.0 Å². The highest BCUT2D eigenvalue weighted by Crippen LogP contribution is 2.29. The highest BCUT2D eigenvalue weighted by atomic mass is 32.2. The smallest absolute Gasteiger partial charge is 0.410 e. The Kier molecular flexibility index (Phi) is 9.88. The van der Waals surface area contributed by atoms with Crippen molar-refractivity contribution in [1.82, 2.24) is 14.9 Å². The number of fused-ring (bicyclic) bond motifs is 1. The van der Waals surface area contributed by atoms with Crippen molar-refractivity contribution >= 4 is 35.3 Å². The summed E-state index contributed by atoms with van der Waals surface area (Å²) in [6.07, 6.45) is 3.55. The molecule has 0 aliphatic carbocycles. The van der Waals surface area contributed by atoms with Crippen molar-refractivity contribution in [2.24, 2.45) is 0 Å². The van der Waals surface area contributed by atoms with Crippen molar-refractivity contribution in [2.75, 3.05) is 49.8 Å². The first-order valence-electron chi connectivity index (χ1n) is 13.7. The lowest BCUT2D eigenvalue weighted by molar-refractivity contribution is 0.0137. The molecule has 2 heterocycles. The molecular formula is C31H39N5O4S. The van der Waals surface area contributed by atoms with Crippen molar-refractivity contribution in [2.45, 2.75) is 50.7 Å². The molecule has 218 valence electrons. The van der Waals surface area contributed by atoms with Crippen molar-refractivity contribution < 1.29 is 19.1 Å². The van der Waals surface area contributed by atoms with Gasteiger partial charge < -0.3 is 24.2 Å². The number of ether oxygens (including phenoxy) is 2. The van der Waals surface area contributed by atoms with E-state index < -0.39 is 5.60 Å². The molecule has 0 fully saturated rings. The second kappa shape index (κ2) is 13.4. The Morgan fingerprint density at radius 1 is 1.12 bits per heavy atom. The molecule has 0 unspecified atom stereocenters. The lowest BCUT2D eigenvalue weighted by atomic mass is 10.1. The van der Waals surface area contributed by atoms with E-state index in [1.54, 1.807) is 23.0 Å². The van der Waals surface area contributed by atoms with Crippen LogP contribution in [0.4, 0.5) is 16.3 Å². The van der Waals surface area contributed by atoms with Gasteiger partial charge in [0.25, 0.3) is 5.91 Å². The predicted molar refractivity (Wildman–Crippen MR) is 163 cm³/mol. The summed E-state index contributed by atoms with van der Waals surface area (Å²) >= 11 is 1.45. The standard InChI is InChI=1S/C31H39N5O4S/c1-31(2,3)40-30(38)35(5)16-15-26(23-12-8-7-9-13-23)39-21-22-11-10-14-24(19-22)36-18-17-34(4)27-25(28(36)37)20-32-29(33-27)41-6/h7-14,19-20,26H,15-18,21H2,1-6H3/t26-/m0/s1. The van der Waals surface area contributed by atoms with E-state index in [4.69, 9.17) is 9.47 Å². The van der Waals surface area contributed by atoms with Gasteiger partial charge in [-0.3, -0.25) is 4.79 Å². The van der Waals surface area contributed by atoms with Crippen LogP contribution < -0.4 is 9.80 Å². The van der Waals surface area contributed by atoms with Gasteiger partial charge in [-0.25, -0.2) is 14.8 Å². The second-order valence-electron chi connectivity index (χ2n) is 11.0. The van der Waals surface area contributed by atoms with Gasteiger partial charge >= 0.3 is 6.09 Å². The van der Waals surface area contributed by atoms with Crippen LogP contribution in [-0.4, -0.2) is 72.5 Å². The lowest BCUT2D eigenvalue weighted by Gasteiger charge is -2.26. The van der Waals surface area contributed by atoms with Gasteiger partial charge in [0, 0.05) is 45.6 Å². The van der Waals surface area contributed by atoms with Gasteiger partial charge in [-0.2, -0.15) is 0 Å². The summed E-state index contributed by atoms with van der Waals surface area (Å²) in [6, 6.07) is 17.9. The Balaban J connectivity index is 1.47. The fourth-order valence-corrected chi connectivity index (χ4v) is 4.85. The maximum atomic E-state index is 13.6. The highest BCUT2D eigenvalue weighted by Gasteiger charge is 2.28. The average molecular weight is 578 g/mol.